The summed E-state index contributed by atoms with van der Waals surface area (Å²) in [5, 5.41) is 0. The molecule has 0 aromatic heterocycles. The summed E-state index contributed by atoms with van der Waals surface area (Å²) in [6.45, 7) is 10.1. The van der Waals surface area contributed by atoms with E-state index in [4.69, 9.17) is 5.73 Å². The number of hydrogen-bond donors (Lipinski definition) is 1. The van der Waals surface area contributed by atoms with Gasteiger partial charge in [0.2, 0.25) is 0 Å². The van der Waals surface area contributed by atoms with Crippen molar-refractivity contribution in [2.75, 3.05) is 6.54 Å². The molecule has 1 fully saturated rings. The Morgan fingerprint density at radius 1 is 1.10 bits per heavy atom. The summed E-state index contributed by atoms with van der Waals surface area (Å²) in [6.07, 6.45) is 5.42. The number of benzene rings is 1. The summed E-state index contributed by atoms with van der Waals surface area (Å²) in [5.74, 6) is 0.678. The van der Waals surface area contributed by atoms with E-state index in [0.717, 1.165) is 6.54 Å². The van der Waals surface area contributed by atoms with E-state index in [1.807, 2.05) is 0 Å². The highest BCUT2D eigenvalue weighted by Crippen LogP contribution is 2.33. The second-order valence-corrected chi connectivity index (χ2v) is 7.24. The van der Waals surface area contributed by atoms with Crippen LogP contribution in [-0.4, -0.2) is 23.5 Å². The predicted molar refractivity (Wildman–Crippen MR) is 91.4 cm³/mol. The van der Waals surface area contributed by atoms with E-state index in [1.54, 1.807) is 0 Å². The standard InChI is InChI=1S/C19H32N2/c1-14(2)13-21(18-7-5-6-8-18)19(16(4)20)17-11-9-15(3)10-12-17/h9-12,14,16,18-19H,5-8,13,20H2,1-4H3. The molecule has 1 aliphatic carbocycles. The van der Waals surface area contributed by atoms with Crippen LogP contribution < -0.4 is 5.73 Å². The molecule has 0 amide bonds. The highest BCUT2D eigenvalue weighted by molar-refractivity contribution is 5.25. The van der Waals surface area contributed by atoms with Crippen molar-refractivity contribution in [3.8, 4) is 0 Å². The zero-order chi connectivity index (χ0) is 15.4. The third kappa shape index (κ3) is 4.31. The maximum Gasteiger partial charge on any atom is 0.0499 e. The molecule has 1 aromatic rings. The van der Waals surface area contributed by atoms with Crippen molar-refractivity contribution in [1.82, 2.24) is 4.90 Å². The van der Waals surface area contributed by atoms with Gasteiger partial charge in [-0.3, -0.25) is 4.90 Å². The van der Waals surface area contributed by atoms with Crippen LogP contribution >= 0.6 is 0 Å². The van der Waals surface area contributed by atoms with Gasteiger partial charge in [0.1, 0.15) is 0 Å². The highest BCUT2D eigenvalue weighted by Gasteiger charge is 2.32. The quantitative estimate of drug-likeness (QED) is 0.846. The van der Waals surface area contributed by atoms with Gasteiger partial charge in [-0.2, -0.15) is 0 Å². The van der Waals surface area contributed by atoms with E-state index in [9.17, 15) is 0 Å². The fourth-order valence-electron chi connectivity index (χ4n) is 3.71. The number of nitrogens with two attached hydrogens (primary N) is 1. The lowest BCUT2D eigenvalue weighted by atomic mass is 9.95. The van der Waals surface area contributed by atoms with Gasteiger partial charge < -0.3 is 5.73 Å². The topological polar surface area (TPSA) is 29.3 Å². The van der Waals surface area contributed by atoms with Crippen LogP contribution in [0.2, 0.25) is 0 Å². The van der Waals surface area contributed by atoms with Crippen LogP contribution in [0.4, 0.5) is 0 Å². The van der Waals surface area contributed by atoms with Crippen molar-refractivity contribution in [1.29, 1.82) is 0 Å². The van der Waals surface area contributed by atoms with Crippen molar-refractivity contribution in [2.24, 2.45) is 11.7 Å². The minimum absolute atomic E-state index is 0.159. The fourth-order valence-corrected chi connectivity index (χ4v) is 3.71. The number of hydrogen-bond acceptors (Lipinski definition) is 2. The Balaban J connectivity index is 2.28. The molecule has 2 unspecified atom stereocenters. The Morgan fingerprint density at radius 2 is 1.67 bits per heavy atom. The zero-order valence-electron chi connectivity index (χ0n) is 14.2. The molecule has 1 aromatic carbocycles. The van der Waals surface area contributed by atoms with Crippen LogP contribution in [0.25, 0.3) is 0 Å². The van der Waals surface area contributed by atoms with E-state index in [1.165, 1.54) is 36.8 Å². The summed E-state index contributed by atoms with van der Waals surface area (Å²) in [6, 6.07) is 10.2. The molecule has 1 aliphatic rings. The van der Waals surface area contributed by atoms with E-state index < -0.39 is 0 Å². The molecule has 2 N–H and O–H groups in total. The van der Waals surface area contributed by atoms with Crippen molar-refractivity contribution < 1.29 is 0 Å². The van der Waals surface area contributed by atoms with Gasteiger partial charge in [-0.25, -0.2) is 0 Å². The molecule has 21 heavy (non-hydrogen) atoms. The molecule has 0 bridgehead atoms. The van der Waals surface area contributed by atoms with Gasteiger partial charge in [0, 0.05) is 24.7 Å². The Bertz CT molecular complexity index is 416. The Labute approximate surface area is 130 Å². The highest BCUT2D eigenvalue weighted by atomic mass is 15.2. The molecule has 0 saturated heterocycles. The van der Waals surface area contributed by atoms with E-state index in [0.29, 0.717) is 18.0 Å². The molecule has 2 rings (SSSR count). The van der Waals surface area contributed by atoms with Gasteiger partial charge >= 0.3 is 0 Å². The van der Waals surface area contributed by atoms with Gasteiger partial charge in [0.15, 0.2) is 0 Å². The maximum absolute atomic E-state index is 6.41. The zero-order valence-corrected chi connectivity index (χ0v) is 14.2. The molecular weight excluding hydrogens is 256 g/mol. The third-order valence-electron chi connectivity index (χ3n) is 4.64. The Hall–Kier alpha value is -0.860. The molecule has 0 heterocycles. The normalized spacial score (nSPS) is 19.4. The minimum Gasteiger partial charge on any atom is -0.326 e. The van der Waals surface area contributed by atoms with Gasteiger partial charge in [0.25, 0.3) is 0 Å². The molecule has 0 aliphatic heterocycles. The van der Waals surface area contributed by atoms with Crippen LogP contribution in [0.15, 0.2) is 24.3 Å². The SMILES string of the molecule is Cc1ccc(C(C(C)N)N(CC(C)C)C2CCCC2)cc1. The van der Waals surface area contributed by atoms with E-state index >= 15 is 0 Å². The Morgan fingerprint density at radius 3 is 2.14 bits per heavy atom. The first-order chi connectivity index (χ1) is 9.99. The molecule has 2 nitrogen and oxygen atoms in total. The van der Waals surface area contributed by atoms with Crippen molar-refractivity contribution in [3.05, 3.63) is 35.4 Å². The van der Waals surface area contributed by atoms with E-state index in [2.05, 4.69) is 56.9 Å². The first kappa shape index (κ1) is 16.5. The first-order valence-electron chi connectivity index (χ1n) is 8.57. The first-order valence-corrected chi connectivity index (χ1v) is 8.57. The summed E-state index contributed by atoms with van der Waals surface area (Å²) >= 11 is 0. The summed E-state index contributed by atoms with van der Waals surface area (Å²) in [7, 11) is 0. The lowest BCUT2D eigenvalue weighted by Gasteiger charge is -2.40. The maximum atomic E-state index is 6.41. The lowest BCUT2D eigenvalue weighted by molar-refractivity contribution is 0.104. The average Bonchev–Trinajstić information content (AvgIpc) is 2.93. The van der Waals surface area contributed by atoms with Crippen molar-refractivity contribution >= 4 is 0 Å². The van der Waals surface area contributed by atoms with Gasteiger partial charge in [-0.05, 0) is 38.2 Å². The summed E-state index contributed by atoms with van der Waals surface area (Å²) in [4.78, 5) is 2.70. The van der Waals surface area contributed by atoms with Crippen LogP contribution in [0.5, 0.6) is 0 Å². The van der Waals surface area contributed by atoms with Crippen molar-refractivity contribution in [3.63, 3.8) is 0 Å². The molecule has 0 spiro atoms. The second-order valence-electron chi connectivity index (χ2n) is 7.24. The van der Waals surface area contributed by atoms with Crippen molar-refractivity contribution in [2.45, 2.75) is 71.5 Å². The number of rotatable bonds is 6. The molecule has 1 saturated carbocycles. The molecular formula is C19H32N2. The average molecular weight is 288 g/mol. The van der Waals surface area contributed by atoms with Crippen LogP contribution in [-0.2, 0) is 0 Å². The monoisotopic (exact) mass is 288 g/mol. The second kappa shape index (κ2) is 7.42. The predicted octanol–water partition coefficient (Wildman–Crippen LogP) is 4.28. The molecule has 118 valence electrons. The minimum atomic E-state index is 0.159. The molecule has 0 radical (unpaired) electrons. The van der Waals surface area contributed by atoms with Gasteiger partial charge in [-0.15, -0.1) is 0 Å². The number of aryl methyl sites for hydroxylation is 1. The van der Waals surface area contributed by atoms with Gasteiger partial charge in [-0.1, -0.05) is 56.5 Å². The van der Waals surface area contributed by atoms with Crippen LogP contribution in [0, 0.1) is 12.8 Å². The van der Waals surface area contributed by atoms with Gasteiger partial charge in [0.05, 0.1) is 0 Å². The fraction of sp³-hybridized carbons (Fsp3) is 0.684. The van der Waals surface area contributed by atoms with Crippen LogP contribution in [0.3, 0.4) is 0 Å². The number of nitrogens with zero attached hydrogens (tertiary/aromatic N) is 1. The smallest absolute Gasteiger partial charge is 0.0499 e. The van der Waals surface area contributed by atoms with E-state index in [-0.39, 0.29) is 6.04 Å². The largest absolute Gasteiger partial charge is 0.326 e. The Kier molecular flexibility index (Phi) is 5.83. The third-order valence-corrected chi connectivity index (χ3v) is 4.64. The van der Waals surface area contributed by atoms with Crippen LogP contribution in [0.1, 0.15) is 63.6 Å². The molecule has 2 atom stereocenters. The lowest BCUT2D eigenvalue weighted by Crippen LogP contribution is -2.46. The molecule has 2 heteroatoms. The summed E-state index contributed by atoms with van der Waals surface area (Å²) in [5.41, 5.74) is 9.11. The summed E-state index contributed by atoms with van der Waals surface area (Å²) < 4.78 is 0.